The summed E-state index contributed by atoms with van der Waals surface area (Å²) in [6.45, 7) is 7.18. The Bertz CT molecular complexity index is 553. The molecule has 128 valence electrons. The standard InChI is InChI=1S/C17H24O6/c1-5-16(2,3)15(20)21-8-9(18)7-17(4)11-6-10-12(22-11)13(17)23-14(10)19/h10-13H,5-8H2,1-4H3. The molecular formula is C17H24O6. The van der Waals surface area contributed by atoms with Gasteiger partial charge in [-0.1, -0.05) is 13.8 Å². The van der Waals surface area contributed by atoms with Crippen LogP contribution in [0.2, 0.25) is 0 Å². The normalized spacial score (nSPS) is 37.8. The Labute approximate surface area is 135 Å². The van der Waals surface area contributed by atoms with Gasteiger partial charge in [-0.3, -0.25) is 14.4 Å². The molecule has 0 N–H and O–H groups in total. The Morgan fingerprint density at radius 2 is 2.09 bits per heavy atom. The first-order valence-electron chi connectivity index (χ1n) is 8.24. The van der Waals surface area contributed by atoms with Gasteiger partial charge in [0, 0.05) is 11.8 Å². The molecule has 0 aliphatic carbocycles. The van der Waals surface area contributed by atoms with Crippen LogP contribution in [0.25, 0.3) is 0 Å². The number of fused-ring (bicyclic) bond motifs is 1. The van der Waals surface area contributed by atoms with Crippen LogP contribution in [-0.2, 0) is 28.6 Å². The Balaban J connectivity index is 1.59. The van der Waals surface area contributed by atoms with Crippen molar-refractivity contribution in [2.24, 2.45) is 16.7 Å². The number of ether oxygens (including phenoxy) is 3. The Hall–Kier alpha value is -1.43. The van der Waals surface area contributed by atoms with Gasteiger partial charge in [-0.15, -0.1) is 0 Å². The van der Waals surface area contributed by atoms with Gasteiger partial charge in [-0.25, -0.2) is 0 Å². The van der Waals surface area contributed by atoms with Crippen LogP contribution in [0.15, 0.2) is 0 Å². The van der Waals surface area contributed by atoms with Crippen LogP contribution in [0.5, 0.6) is 0 Å². The SMILES string of the molecule is CCC(C)(C)C(=O)OCC(=O)CC1(C)C2CC3C(=O)OC1C3O2. The van der Waals surface area contributed by atoms with E-state index in [0.29, 0.717) is 12.8 Å². The number of carbonyl (C=O) groups is 3. The summed E-state index contributed by atoms with van der Waals surface area (Å²) in [5.41, 5.74) is -1.11. The van der Waals surface area contributed by atoms with Crippen molar-refractivity contribution >= 4 is 17.7 Å². The van der Waals surface area contributed by atoms with Crippen LogP contribution in [0, 0.1) is 16.7 Å². The topological polar surface area (TPSA) is 78.9 Å². The summed E-state index contributed by atoms with van der Waals surface area (Å²) in [7, 11) is 0. The van der Waals surface area contributed by atoms with Crippen molar-refractivity contribution in [1.82, 2.24) is 0 Å². The summed E-state index contributed by atoms with van der Waals surface area (Å²) in [6.07, 6.45) is 0.748. The molecule has 0 aromatic heterocycles. The lowest BCUT2D eigenvalue weighted by atomic mass is 9.68. The lowest BCUT2D eigenvalue weighted by Gasteiger charge is -2.33. The molecule has 0 saturated carbocycles. The Morgan fingerprint density at radius 1 is 1.39 bits per heavy atom. The zero-order chi connectivity index (χ0) is 17.0. The summed E-state index contributed by atoms with van der Waals surface area (Å²) in [5, 5.41) is 0. The molecule has 0 aromatic rings. The van der Waals surface area contributed by atoms with E-state index in [9.17, 15) is 14.4 Å². The molecule has 2 bridgehead atoms. The second-order valence-electron chi connectivity index (χ2n) is 7.82. The summed E-state index contributed by atoms with van der Waals surface area (Å²) < 4.78 is 16.4. The molecule has 23 heavy (non-hydrogen) atoms. The van der Waals surface area contributed by atoms with Crippen molar-refractivity contribution < 1.29 is 28.6 Å². The lowest BCUT2D eigenvalue weighted by molar-refractivity contribution is -0.158. The average Bonchev–Trinajstić information content (AvgIpc) is 3.10. The molecule has 3 saturated heterocycles. The van der Waals surface area contributed by atoms with Crippen molar-refractivity contribution in [3.63, 3.8) is 0 Å². The van der Waals surface area contributed by atoms with Crippen LogP contribution in [0.4, 0.5) is 0 Å². The quantitative estimate of drug-likeness (QED) is 0.691. The first-order valence-corrected chi connectivity index (χ1v) is 8.24. The Kier molecular flexibility index (Phi) is 3.78. The smallest absolute Gasteiger partial charge is 0.312 e. The van der Waals surface area contributed by atoms with E-state index in [1.54, 1.807) is 13.8 Å². The van der Waals surface area contributed by atoms with Crippen molar-refractivity contribution in [3.05, 3.63) is 0 Å². The van der Waals surface area contributed by atoms with E-state index < -0.39 is 10.8 Å². The first kappa shape index (κ1) is 16.4. The summed E-state index contributed by atoms with van der Waals surface area (Å²) in [5.74, 6) is -0.912. The number of hydrogen-bond acceptors (Lipinski definition) is 6. The summed E-state index contributed by atoms with van der Waals surface area (Å²) in [4.78, 5) is 36.0. The van der Waals surface area contributed by atoms with Crippen molar-refractivity contribution in [3.8, 4) is 0 Å². The second kappa shape index (κ2) is 5.30. The minimum Gasteiger partial charge on any atom is -0.459 e. The highest BCUT2D eigenvalue weighted by molar-refractivity contribution is 5.85. The molecule has 0 radical (unpaired) electrons. The van der Waals surface area contributed by atoms with Crippen molar-refractivity contribution in [2.75, 3.05) is 6.61 Å². The maximum absolute atomic E-state index is 12.3. The largest absolute Gasteiger partial charge is 0.459 e. The van der Waals surface area contributed by atoms with Gasteiger partial charge in [0.1, 0.15) is 18.8 Å². The second-order valence-corrected chi connectivity index (χ2v) is 7.82. The molecule has 3 heterocycles. The fraction of sp³-hybridized carbons (Fsp3) is 0.824. The van der Waals surface area contributed by atoms with E-state index in [1.807, 2.05) is 13.8 Å². The number of hydrogen-bond donors (Lipinski definition) is 0. The average molecular weight is 324 g/mol. The van der Waals surface area contributed by atoms with E-state index in [1.165, 1.54) is 0 Å². The van der Waals surface area contributed by atoms with Gasteiger partial charge in [-0.2, -0.15) is 0 Å². The number of esters is 2. The first-order chi connectivity index (χ1) is 10.7. The van der Waals surface area contributed by atoms with Gasteiger partial charge in [0.25, 0.3) is 0 Å². The van der Waals surface area contributed by atoms with E-state index in [4.69, 9.17) is 14.2 Å². The third kappa shape index (κ3) is 2.47. The zero-order valence-electron chi connectivity index (χ0n) is 14.1. The maximum Gasteiger partial charge on any atom is 0.312 e. The van der Waals surface area contributed by atoms with Gasteiger partial charge >= 0.3 is 11.9 Å². The molecule has 3 fully saturated rings. The molecule has 0 amide bonds. The molecule has 3 aliphatic rings. The minimum absolute atomic E-state index is 0.138. The predicted octanol–water partition coefficient (Wildman–Crippen LogP) is 1.64. The van der Waals surface area contributed by atoms with Crippen LogP contribution in [0.3, 0.4) is 0 Å². The van der Waals surface area contributed by atoms with Crippen molar-refractivity contribution in [2.45, 2.75) is 65.3 Å². The number of carbonyl (C=O) groups excluding carboxylic acids is 3. The molecule has 3 aliphatic heterocycles. The molecule has 6 heteroatoms. The number of ketones is 1. The molecule has 5 atom stereocenters. The van der Waals surface area contributed by atoms with Crippen LogP contribution in [-0.4, -0.2) is 42.6 Å². The van der Waals surface area contributed by atoms with E-state index in [-0.39, 0.29) is 55.0 Å². The molecular weight excluding hydrogens is 300 g/mol. The summed E-state index contributed by atoms with van der Waals surface area (Å²) in [6, 6.07) is 0. The molecule has 6 nitrogen and oxygen atoms in total. The minimum atomic E-state index is -0.589. The highest BCUT2D eigenvalue weighted by Crippen LogP contribution is 2.57. The van der Waals surface area contributed by atoms with E-state index in [2.05, 4.69) is 0 Å². The van der Waals surface area contributed by atoms with Crippen LogP contribution >= 0.6 is 0 Å². The lowest BCUT2D eigenvalue weighted by Crippen LogP contribution is -2.43. The van der Waals surface area contributed by atoms with Crippen LogP contribution < -0.4 is 0 Å². The Morgan fingerprint density at radius 3 is 2.74 bits per heavy atom. The van der Waals surface area contributed by atoms with Gasteiger partial charge < -0.3 is 14.2 Å². The molecule has 0 aromatic carbocycles. The molecule has 3 rings (SSSR count). The fourth-order valence-electron chi connectivity index (χ4n) is 3.79. The number of Topliss-reactive ketones (excluding diaryl/α,β-unsaturated/α-hetero) is 1. The number of rotatable bonds is 6. The van der Waals surface area contributed by atoms with Crippen LogP contribution in [0.1, 0.15) is 47.0 Å². The van der Waals surface area contributed by atoms with E-state index in [0.717, 1.165) is 0 Å². The highest BCUT2D eigenvalue weighted by Gasteiger charge is 2.68. The zero-order valence-corrected chi connectivity index (χ0v) is 14.1. The summed E-state index contributed by atoms with van der Waals surface area (Å²) >= 11 is 0. The van der Waals surface area contributed by atoms with E-state index >= 15 is 0 Å². The molecule has 5 unspecified atom stereocenters. The third-order valence-corrected chi connectivity index (χ3v) is 5.79. The van der Waals surface area contributed by atoms with Gasteiger partial charge in [0.15, 0.2) is 5.78 Å². The van der Waals surface area contributed by atoms with Gasteiger partial charge in [0.2, 0.25) is 0 Å². The van der Waals surface area contributed by atoms with Crippen molar-refractivity contribution in [1.29, 1.82) is 0 Å². The fourth-order valence-corrected chi connectivity index (χ4v) is 3.79. The monoisotopic (exact) mass is 324 g/mol. The third-order valence-electron chi connectivity index (χ3n) is 5.79. The van der Waals surface area contributed by atoms with Gasteiger partial charge in [0.05, 0.1) is 17.4 Å². The maximum atomic E-state index is 12.3. The van der Waals surface area contributed by atoms with Gasteiger partial charge in [-0.05, 0) is 26.7 Å². The molecule has 0 spiro atoms. The predicted molar refractivity (Wildman–Crippen MR) is 79.4 cm³/mol. The highest BCUT2D eigenvalue weighted by atomic mass is 16.6.